The van der Waals surface area contributed by atoms with Crippen LogP contribution in [0, 0.1) is 5.82 Å². The average molecular weight is 225 g/mol. The minimum Gasteiger partial charge on any atom is -0.497 e. The summed E-state index contributed by atoms with van der Waals surface area (Å²) in [5.41, 5.74) is 6.16. The largest absolute Gasteiger partial charge is 0.497 e. The first-order valence-electron chi connectivity index (χ1n) is 5.36. The molecule has 2 N–H and O–H groups in total. The van der Waals surface area contributed by atoms with Crippen molar-refractivity contribution >= 4 is 0 Å². The van der Waals surface area contributed by atoms with Gasteiger partial charge < -0.3 is 15.2 Å². The zero-order chi connectivity index (χ0) is 11.6. The van der Waals surface area contributed by atoms with Crippen LogP contribution in [0.1, 0.15) is 18.4 Å². The van der Waals surface area contributed by atoms with Crippen LogP contribution in [-0.2, 0) is 10.3 Å². The first-order chi connectivity index (χ1) is 7.65. The van der Waals surface area contributed by atoms with Crippen molar-refractivity contribution in [3.05, 3.63) is 29.6 Å². The Balaban J connectivity index is 2.32. The summed E-state index contributed by atoms with van der Waals surface area (Å²) < 4.78 is 24.1. The van der Waals surface area contributed by atoms with E-state index in [-0.39, 0.29) is 5.82 Å². The standard InChI is InChI=1S/C12H16FNO2/c1-15-9-2-3-10(11(13)8-9)12(14)4-6-16-7-5-12/h2-3,8H,4-7,14H2,1H3. The Bertz CT molecular complexity index is 375. The van der Waals surface area contributed by atoms with Crippen molar-refractivity contribution in [1.29, 1.82) is 0 Å². The molecule has 0 spiro atoms. The third-order valence-electron chi connectivity index (χ3n) is 3.10. The molecule has 3 nitrogen and oxygen atoms in total. The molecule has 0 bridgehead atoms. The Morgan fingerprint density at radius 2 is 2.06 bits per heavy atom. The summed E-state index contributed by atoms with van der Waals surface area (Å²) in [5, 5.41) is 0. The Morgan fingerprint density at radius 1 is 1.38 bits per heavy atom. The van der Waals surface area contributed by atoms with Gasteiger partial charge in [0.1, 0.15) is 11.6 Å². The molecule has 4 heteroatoms. The number of hydrogen-bond donors (Lipinski definition) is 1. The number of halogens is 1. The van der Waals surface area contributed by atoms with Gasteiger partial charge in [0.15, 0.2) is 0 Å². The summed E-state index contributed by atoms with van der Waals surface area (Å²) in [6.07, 6.45) is 1.30. The molecule has 0 unspecified atom stereocenters. The Hall–Kier alpha value is -1.13. The van der Waals surface area contributed by atoms with Gasteiger partial charge in [0.2, 0.25) is 0 Å². The highest BCUT2D eigenvalue weighted by Gasteiger charge is 2.32. The van der Waals surface area contributed by atoms with E-state index < -0.39 is 5.54 Å². The van der Waals surface area contributed by atoms with E-state index in [9.17, 15) is 4.39 Å². The molecular weight excluding hydrogens is 209 g/mol. The maximum absolute atomic E-state index is 13.9. The lowest BCUT2D eigenvalue weighted by molar-refractivity contribution is 0.0510. The molecule has 1 aliphatic rings. The van der Waals surface area contributed by atoms with Crippen molar-refractivity contribution in [3.63, 3.8) is 0 Å². The molecule has 1 aromatic rings. The summed E-state index contributed by atoms with van der Waals surface area (Å²) in [5.74, 6) is 0.209. The fraction of sp³-hybridized carbons (Fsp3) is 0.500. The third-order valence-corrected chi connectivity index (χ3v) is 3.10. The summed E-state index contributed by atoms with van der Waals surface area (Å²) in [6.45, 7) is 1.17. The topological polar surface area (TPSA) is 44.5 Å². The molecule has 0 aromatic heterocycles. The predicted molar refractivity (Wildman–Crippen MR) is 58.9 cm³/mol. The highest BCUT2D eigenvalue weighted by Crippen LogP contribution is 2.32. The molecule has 88 valence electrons. The average Bonchev–Trinajstić information content (AvgIpc) is 2.29. The van der Waals surface area contributed by atoms with Crippen LogP contribution in [0.4, 0.5) is 4.39 Å². The molecule has 1 aliphatic heterocycles. The highest BCUT2D eigenvalue weighted by atomic mass is 19.1. The molecule has 1 heterocycles. The van der Waals surface area contributed by atoms with E-state index in [2.05, 4.69) is 0 Å². The van der Waals surface area contributed by atoms with Crippen LogP contribution >= 0.6 is 0 Å². The second-order valence-corrected chi connectivity index (χ2v) is 4.11. The van der Waals surface area contributed by atoms with E-state index in [1.54, 1.807) is 12.1 Å². The van der Waals surface area contributed by atoms with Crippen LogP contribution in [-0.4, -0.2) is 20.3 Å². The molecule has 0 saturated carbocycles. The molecule has 16 heavy (non-hydrogen) atoms. The van der Waals surface area contributed by atoms with Gasteiger partial charge in [-0.15, -0.1) is 0 Å². The van der Waals surface area contributed by atoms with E-state index in [1.807, 2.05) is 0 Å². The minimum atomic E-state index is -0.603. The summed E-state index contributed by atoms with van der Waals surface area (Å²) in [6, 6.07) is 4.82. The van der Waals surface area contributed by atoms with Crippen molar-refractivity contribution < 1.29 is 13.9 Å². The quantitative estimate of drug-likeness (QED) is 0.834. The van der Waals surface area contributed by atoms with Crippen LogP contribution in [0.5, 0.6) is 5.75 Å². The zero-order valence-electron chi connectivity index (χ0n) is 9.33. The number of methoxy groups -OCH3 is 1. The lowest BCUT2D eigenvalue weighted by Crippen LogP contribution is -2.42. The number of rotatable bonds is 2. The van der Waals surface area contributed by atoms with Crippen LogP contribution < -0.4 is 10.5 Å². The van der Waals surface area contributed by atoms with Gasteiger partial charge in [0, 0.05) is 30.4 Å². The van der Waals surface area contributed by atoms with Crippen molar-refractivity contribution in [3.8, 4) is 5.75 Å². The van der Waals surface area contributed by atoms with Gasteiger partial charge in [0.05, 0.1) is 7.11 Å². The van der Waals surface area contributed by atoms with Gasteiger partial charge in [-0.1, -0.05) is 6.07 Å². The molecule has 1 fully saturated rings. The van der Waals surface area contributed by atoms with Gasteiger partial charge >= 0.3 is 0 Å². The maximum Gasteiger partial charge on any atom is 0.131 e. The SMILES string of the molecule is COc1ccc(C2(N)CCOCC2)c(F)c1. The highest BCUT2D eigenvalue weighted by molar-refractivity contribution is 5.33. The van der Waals surface area contributed by atoms with Gasteiger partial charge in [-0.25, -0.2) is 4.39 Å². The van der Waals surface area contributed by atoms with Gasteiger partial charge in [-0.05, 0) is 18.9 Å². The minimum absolute atomic E-state index is 0.302. The molecule has 1 saturated heterocycles. The molecule has 0 atom stereocenters. The van der Waals surface area contributed by atoms with Crippen molar-refractivity contribution in [1.82, 2.24) is 0 Å². The molecule has 0 aliphatic carbocycles. The smallest absolute Gasteiger partial charge is 0.131 e. The summed E-state index contributed by atoms with van der Waals surface area (Å²) in [4.78, 5) is 0. The number of benzene rings is 1. The maximum atomic E-state index is 13.9. The van der Waals surface area contributed by atoms with Crippen molar-refractivity contribution in [2.75, 3.05) is 20.3 Å². The van der Waals surface area contributed by atoms with E-state index in [0.717, 1.165) is 0 Å². The summed E-state index contributed by atoms with van der Waals surface area (Å²) in [7, 11) is 1.51. The zero-order valence-corrected chi connectivity index (χ0v) is 9.33. The van der Waals surface area contributed by atoms with E-state index in [4.69, 9.17) is 15.2 Å². The Kier molecular flexibility index (Phi) is 3.12. The molecular formula is C12H16FNO2. The number of ether oxygens (including phenoxy) is 2. The second-order valence-electron chi connectivity index (χ2n) is 4.11. The monoisotopic (exact) mass is 225 g/mol. The van der Waals surface area contributed by atoms with Crippen molar-refractivity contribution in [2.45, 2.75) is 18.4 Å². The van der Waals surface area contributed by atoms with E-state index in [0.29, 0.717) is 37.4 Å². The van der Waals surface area contributed by atoms with Crippen LogP contribution in [0.3, 0.4) is 0 Å². The molecule has 0 radical (unpaired) electrons. The normalized spacial score (nSPS) is 19.4. The number of nitrogens with two attached hydrogens (primary N) is 1. The van der Waals surface area contributed by atoms with E-state index in [1.165, 1.54) is 13.2 Å². The first kappa shape index (κ1) is 11.4. The fourth-order valence-electron chi connectivity index (χ4n) is 2.03. The summed E-state index contributed by atoms with van der Waals surface area (Å²) >= 11 is 0. The van der Waals surface area contributed by atoms with Crippen LogP contribution in [0.15, 0.2) is 18.2 Å². The fourth-order valence-corrected chi connectivity index (χ4v) is 2.03. The van der Waals surface area contributed by atoms with Gasteiger partial charge in [0.25, 0.3) is 0 Å². The second kappa shape index (κ2) is 4.39. The Morgan fingerprint density at radius 3 is 2.62 bits per heavy atom. The lowest BCUT2D eigenvalue weighted by atomic mass is 9.83. The van der Waals surface area contributed by atoms with Crippen LogP contribution in [0.2, 0.25) is 0 Å². The van der Waals surface area contributed by atoms with Crippen molar-refractivity contribution in [2.24, 2.45) is 5.73 Å². The molecule has 1 aromatic carbocycles. The predicted octanol–water partition coefficient (Wildman–Crippen LogP) is 1.80. The third kappa shape index (κ3) is 2.03. The van der Waals surface area contributed by atoms with Crippen LogP contribution in [0.25, 0.3) is 0 Å². The van der Waals surface area contributed by atoms with Gasteiger partial charge in [-0.3, -0.25) is 0 Å². The first-order valence-corrected chi connectivity index (χ1v) is 5.36. The Labute approximate surface area is 94.3 Å². The van der Waals surface area contributed by atoms with Gasteiger partial charge in [-0.2, -0.15) is 0 Å². The number of hydrogen-bond acceptors (Lipinski definition) is 3. The molecule has 0 amide bonds. The lowest BCUT2D eigenvalue weighted by Gasteiger charge is -2.34. The van der Waals surface area contributed by atoms with E-state index >= 15 is 0 Å². The molecule has 2 rings (SSSR count).